The molecule has 0 saturated heterocycles. The molecule has 0 radical (unpaired) electrons. The molecular formula is C14H8ClNO. The van der Waals surface area contributed by atoms with Gasteiger partial charge in [0, 0.05) is 28.1 Å². The molecule has 0 saturated carbocycles. The lowest BCUT2D eigenvalue weighted by Gasteiger charge is -1.97. The number of fused-ring (bicyclic) bond motifs is 5. The van der Waals surface area contributed by atoms with Crippen LogP contribution in [0.25, 0.3) is 21.9 Å². The quantitative estimate of drug-likeness (QED) is 0.580. The van der Waals surface area contributed by atoms with Crippen molar-refractivity contribution in [1.29, 1.82) is 0 Å². The van der Waals surface area contributed by atoms with Gasteiger partial charge in [-0.3, -0.25) is 4.99 Å². The lowest BCUT2D eigenvalue weighted by Crippen LogP contribution is -1.83. The number of hydrogen-bond donors (Lipinski definition) is 0. The predicted octanol–water partition coefficient (Wildman–Crippen LogP) is 4.17. The largest absolute Gasteiger partial charge is 0.456 e. The first kappa shape index (κ1) is 9.25. The van der Waals surface area contributed by atoms with Crippen LogP contribution in [0.5, 0.6) is 0 Å². The van der Waals surface area contributed by atoms with Crippen molar-refractivity contribution in [2.75, 3.05) is 0 Å². The van der Waals surface area contributed by atoms with E-state index in [-0.39, 0.29) is 0 Å². The van der Waals surface area contributed by atoms with Gasteiger partial charge in [0.1, 0.15) is 11.2 Å². The Balaban J connectivity index is 2.26. The van der Waals surface area contributed by atoms with E-state index < -0.39 is 0 Å². The Hall–Kier alpha value is -1.80. The third-order valence-electron chi connectivity index (χ3n) is 3.23. The van der Waals surface area contributed by atoms with Crippen LogP contribution in [-0.2, 0) is 6.54 Å². The zero-order chi connectivity index (χ0) is 11.4. The predicted molar refractivity (Wildman–Crippen MR) is 70.0 cm³/mol. The summed E-state index contributed by atoms with van der Waals surface area (Å²) in [6.45, 7) is 0.699. The highest BCUT2D eigenvalue weighted by Gasteiger charge is 2.17. The number of hydrogen-bond acceptors (Lipinski definition) is 2. The molecule has 82 valence electrons. The number of benzene rings is 2. The van der Waals surface area contributed by atoms with Crippen LogP contribution in [0.1, 0.15) is 11.1 Å². The summed E-state index contributed by atoms with van der Waals surface area (Å²) in [5.74, 6) is 0. The second-order valence-corrected chi connectivity index (χ2v) is 4.60. The molecule has 0 amide bonds. The van der Waals surface area contributed by atoms with Crippen LogP contribution in [0.15, 0.2) is 39.7 Å². The maximum atomic E-state index is 6.24. The van der Waals surface area contributed by atoms with Gasteiger partial charge in [-0.05, 0) is 18.2 Å². The fourth-order valence-electron chi connectivity index (χ4n) is 2.44. The van der Waals surface area contributed by atoms with Gasteiger partial charge >= 0.3 is 0 Å². The van der Waals surface area contributed by atoms with E-state index in [2.05, 4.69) is 17.1 Å². The van der Waals surface area contributed by atoms with Gasteiger partial charge in [-0.1, -0.05) is 23.7 Å². The van der Waals surface area contributed by atoms with Crippen molar-refractivity contribution in [1.82, 2.24) is 0 Å². The van der Waals surface area contributed by atoms with E-state index in [1.54, 1.807) is 0 Å². The number of aliphatic imine (C=N–C) groups is 1. The average molecular weight is 242 g/mol. The first-order valence-corrected chi connectivity index (χ1v) is 5.85. The van der Waals surface area contributed by atoms with Gasteiger partial charge in [0.25, 0.3) is 0 Å². The molecule has 0 bridgehead atoms. The Labute approximate surface area is 103 Å². The summed E-state index contributed by atoms with van der Waals surface area (Å²) in [4.78, 5) is 4.28. The molecule has 0 N–H and O–H groups in total. The molecule has 1 aromatic heterocycles. The Kier molecular flexibility index (Phi) is 1.69. The number of rotatable bonds is 0. The van der Waals surface area contributed by atoms with Gasteiger partial charge in [0.05, 0.1) is 11.6 Å². The highest BCUT2D eigenvalue weighted by atomic mass is 35.5. The van der Waals surface area contributed by atoms with Crippen LogP contribution in [0.3, 0.4) is 0 Å². The van der Waals surface area contributed by atoms with Gasteiger partial charge in [-0.25, -0.2) is 0 Å². The van der Waals surface area contributed by atoms with Crippen molar-refractivity contribution in [3.63, 3.8) is 0 Å². The first-order valence-electron chi connectivity index (χ1n) is 5.47. The van der Waals surface area contributed by atoms with E-state index in [0.29, 0.717) is 6.54 Å². The molecule has 1 aliphatic heterocycles. The highest BCUT2D eigenvalue weighted by Crippen LogP contribution is 2.37. The zero-order valence-electron chi connectivity index (χ0n) is 8.90. The monoisotopic (exact) mass is 241 g/mol. The van der Waals surface area contributed by atoms with Crippen molar-refractivity contribution < 1.29 is 4.42 Å². The van der Waals surface area contributed by atoms with E-state index in [1.807, 2.05) is 24.4 Å². The van der Waals surface area contributed by atoms with E-state index in [4.69, 9.17) is 16.0 Å². The molecule has 2 aromatic carbocycles. The molecule has 0 fully saturated rings. The summed E-state index contributed by atoms with van der Waals surface area (Å²) >= 11 is 6.24. The van der Waals surface area contributed by atoms with Crippen LogP contribution in [0, 0.1) is 0 Å². The summed E-state index contributed by atoms with van der Waals surface area (Å²) < 4.78 is 5.91. The van der Waals surface area contributed by atoms with Crippen molar-refractivity contribution in [2.24, 2.45) is 4.99 Å². The zero-order valence-corrected chi connectivity index (χ0v) is 9.66. The fourth-order valence-corrected chi connectivity index (χ4v) is 2.70. The summed E-state index contributed by atoms with van der Waals surface area (Å²) in [6.07, 6.45) is 1.89. The second kappa shape index (κ2) is 3.11. The standard InChI is InChI=1S/C14H8ClNO/c15-11-2-1-3-12-13(11)9-5-4-8-6-16-7-10(8)14(9)17-12/h1-6H,7H2. The van der Waals surface area contributed by atoms with Crippen molar-refractivity contribution in [2.45, 2.75) is 6.54 Å². The Bertz CT molecular complexity index is 786. The van der Waals surface area contributed by atoms with Crippen molar-refractivity contribution in [3.8, 4) is 0 Å². The normalized spacial score (nSPS) is 13.7. The van der Waals surface area contributed by atoms with Crippen molar-refractivity contribution in [3.05, 3.63) is 46.5 Å². The van der Waals surface area contributed by atoms with Crippen LogP contribution >= 0.6 is 11.6 Å². The molecule has 17 heavy (non-hydrogen) atoms. The molecule has 4 rings (SSSR count). The third-order valence-corrected chi connectivity index (χ3v) is 3.55. The molecule has 2 nitrogen and oxygen atoms in total. The fraction of sp³-hybridized carbons (Fsp3) is 0.0714. The Morgan fingerprint density at radius 1 is 1.18 bits per heavy atom. The van der Waals surface area contributed by atoms with Gasteiger partial charge in [-0.15, -0.1) is 0 Å². The van der Waals surface area contributed by atoms with Gasteiger partial charge in [0.15, 0.2) is 0 Å². The van der Waals surface area contributed by atoms with Gasteiger partial charge in [0.2, 0.25) is 0 Å². The van der Waals surface area contributed by atoms with E-state index in [0.717, 1.165) is 38.1 Å². The van der Waals surface area contributed by atoms with Crippen molar-refractivity contribution >= 4 is 39.8 Å². The maximum Gasteiger partial charge on any atom is 0.141 e. The molecule has 3 heteroatoms. The molecule has 0 spiro atoms. The van der Waals surface area contributed by atoms with Crippen LogP contribution in [0.2, 0.25) is 5.02 Å². The highest BCUT2D eigenvalue weighted by molar-refractivity contribution is 6.37. The van der Waals surface area contributed by atoms with Crippen LogP contribution in [-0.4, -0.2) is 6.21 Å². The van der Waals surface area contributed by atoms with Crippen LogP contribution < -0.4 is 0 Å². The molecule has 0 aliphatic carbocycles. The Morgan fingerprint density at radius 3 is 3.06 bits per heavy atom. The number of nitrogens with zero attached hydrogens (tertiary/aromatic N) is 1. The molecule has 3 aromatic rings. The minimum atomic E-state index is 0.699. The summed E-state index contributed by atoms with van der Waals surface area (Å²) in [7, 11) is 0. The number of halogens is 1. The first-order chi connectivity index (χ1) is 8.34. The average Bonchev–Trinajstić information content (AvgIpc) is 2.91. The minimum absolute atomic E-state index is 0.699. The van der Waals surface area contributed by atoms with E-state index >= 15 is 0 Å². The lowest BCUT2D eigenvalue weighted by molar-refractivity contribution is 0.663. The second-order valence-electron chi connectivity index (χ2n) is 4.19. The minimum Gasteiger partial charge on any atom is -0.456 e. The van der Waals surface area contributed by atoms with Gasteiger partial charge in [-0.2, -0.15) is 0 Å². The summed E-state index contributed by atoms with van der Waals surface area (Å²) in [6, 6.07) is 9.88. The van der Waals surface area contributed by atoms with Crippen LogP contribution in [0.4, 0.5) is 0 Å². The summed E-state index contributed by atoms with van der Waals surface area (Å²) in [5.41, 5.74) is 4.07. The lowest BCUT2D eigenvalue weighted by atomic mass is 10.1. The molecule has 0 unspecified atom stereocenters. The maximum absolute atomic E-state index is 6.24. The SMILES string of the molecule is Clc1cccc2oc3c4c(ccc3c12)C=NC4. The van der Waals surface area contributed by atoms with E-state index in [9.17, 15) is 0 Å². The van der Waals surface area contributed by atoms with E-state index in [1.165, 1.54) is 0 Å². The number of furan rings is 1. The molecule has 2 heterocycles. The molecule has 1 aliphatic rings. The molecular weight excluding hydrogens is 234 g/mol. The Morgan fingerprint density at radius 2 is 2.12 bits per heavy atom. The molecule has 0 atom stereocenters. The van der Waals surface area contributed by atoms with Gasteiger partial charge < -0.3 is 4.42 Å². The smallest absolute Gasteiger partial charge is 0.141 e. The third kappa shape index (κ3) is 1.13. The summed E-state index contributed by atoms with van der Waals surface area (Å²) in [5, 5.41) is 2.81. The topological polar surface area (TPSA) is 25.5 Å².